The minimum Gasteiger partial charge on any atom is -0.312 e. The summed E-state index contributed by atoms with van der Waals surface area (Å²) in [4.78, 5) is 13.7. The van der Waals surface area contributed by atoms with E-state index >= 15 is 0 Å². The molecule has 0 unspecified atom stereocenters. The Morgan fingerprint density at radius 1 is 1.08 bits per heavy atom. The summed E-state index contributed by atoms with van der Waals surface area (Å²) in [6.45, 7) is 2.84. The lowest BCUT2D eigenvalue weighted by Crippen LogP contribution is -2.34. The van der Waals surface area contributed by atoms with Gasteiger partial charge in [0.05, 0.1) is 5.75 Å². The Morgan fingerprint density at radius 2 is 1.77 bits per heavy atom. The van der Waals surface area contributed by atoms with Gasteiger partial charge in [-0.3, -0.25) is 4.79 Å². The van der Waals surface area contributed by atoms with E-state index in [4.69, 9.17) is 0 Å². The van der Waals surface area contributed by atoms with Crippen molar-refractivity contribution in [2.24, 2.45) is 0 Å². The lowest BCUT2D eigenvalue weighted by Gasteiger charge is -2.28. The van der Waals surface area contributed by atoms with Gasteiger partial charge in [-0.25, -0.2) is 13.1 Å². The molecular formula is C19H21BrN2O3S. The average Bonchev–Trinajstić information content (AvgIpc) is 2.62. The maximum absolute atomic E-state index is 12.3. The topological polar surface area (TPSA) is 66.5 Å². The van der Waals surface area contributed by atoms with Crippen LogP contribution in [0.3, 0.4) is 0 Å². The Bertz CT molecular complexity index is 911. The zero-order valence-electron chi connectivity index (χ0n) is 14.5. The molecule has 0 aromatic heterocycles. The number of halogens is 1. The number of nitrogens with one attached hydrogen (secondary N) is 1. The van der Waals surface area contributed by atoms with Crippen molar-refractivity contribution in [2.75, 3.05) is 11.4 Å². The van der Waals surface area contributed by atoms with E-state index < -0.39 is 10.0 Å². The van der Waals surface area contributed by atoms with Crippen LogP contribution >= 0.6 is 15.9 Å². The predicted octanol–water partition coefficient (Wildman–Crippen LogP) is 3.37. The maximum atomic E-state index is 12.3. The van der Waals surface area contributed by atoms with Crippen molar-refractivity contribution in [3.8, 4) is 0 Å². The molecule has 2 aromatic rings. The number of rotatable bonds is 6. The zero-order valence-corrected chi connectivity index (χ0v) is 16.9. The Labute approximate surface area is 162 Å². The molecule has 0 bridgehead atoms. The first kappa shape index (κ1) is 19.1. The number of carbonyl (C=O) groups excluding carboxylic acids is 1. The Hall–Kier alpha value is -1.70. The SMILES string of the molecule is CCN1C(=O)CCc2cc(CNS(=O)(=O)Cc3ccc(Br)cc3)ccc21. The molecule has 0 atom stereocenters. The number of aryl methyl sites for hydroxylation is 1. The van der Waals surface area contributed by atoms with Crippen LogP contribution < -0.4 is 9.62 Å². The van der Waals surface area contributed by atoms with Crippen LogP contribution in [-0.4, -0.2) is 20.9 Å². The number of nitrogens with zero attached hydrogens (tertiary/aromatic N) is 1. The summed E-state index contributed by atoms with van der Waals surface area (Å²) >= 11 is 3.34. The molecule has 26 heavy (non-hydrogen) atoms. The van der Waals surface area contributed by atoms with Crippen LogP contribution in [0.4, 0.5) is 5.69 Å². The van der Waals surface area contributed by atoms with Crippen LogP contribution in [0.1, 0.15) is 30.0 Å². The number of fused-ring (bicyclic) bond motifs is 1. The third-order valence-electron chi connectivity index (χ3n) is 4.43. The molecule has 1 aliphatic heterocycles. The summed E-state index contributed by atoms with van der Waals surface area (Å²) in [5, 5.41) is 0. The third kappa shape index (κ3) is 4.52. The zero-order chi connectivity index (χ0) is 18.7. The fourth-order valence-electron chi connectivity index (χ4n) is 3.11. The number of amides is 1. The normalized spacial score (nSPS) is 14.4. The van der Waals surface area contributed by atoms with Crippen LogP contribution in [0.15, 0.2) is 46.9 Å². The number of hydrogen-bond donors (Lipinski definition) is 1. The number of sulfonamides is 1. The van der Waals surface area contributed by atoms with E-state index in [0.717, 1.165) is 26.9 Å². The van der Waals surface area contributed by atoms with E-state index in [-0.39, 0.29) is 18.2 Å². The largest absolute Gasteiger partial charge is 0.312 e. The van der Waals surface area contributed by atoms with Crippen LogP contribution in [-0.2, 0) is 33.5 Å². The first-order chi connectivity index (χ1) is 12.4. The van der Waals surface area contributed by atoms with E-state index in [1.54, 1.807) is 17.0 Å². The van der Waals surface area contributed by atoms with Gasteiger partial charge in [0.15, 0.2) is 0 Å². The van der Waals surface area contributed by atoms with E-state index in [1.165, 1.54) is 0 Å². The molecule has 1 N–H and O–H groups in total. The Morgan fingerprint density at radius 3 is 2.46 bits per heavy atom. The van der Waals surface area contributed by atoms with Crippen molar-refractivity contribution < 1.29 is 13.2 Å². The van der Waals surface area contributed by atoms with Gasteiger partial charge < -0.3 is 4.90 Å². The molecule has 7 heteroatoms. The van der Waals surface area contributed by atoms with Gasteiger partial charge in [0.25, 0.3) is 0 Å². The lowest BCUT2D eigenvalue weighted by atomic mass is 9.99. The monoisotopic (exact) mass is 436 g/mol. The Balaban J connectivity index is 1.68. The van der Waals surface area contributed by atoms with Crippen molar-refractivity contribution in [1.82, 2.24) is 4.72 Å². The molecule has 5 nitrogen and oxygen atoms in total. The van der Waals surface area contributed by atoms with Gasteiger partial charge in [0, 0.05) is 29.7 Å². The molecule has 0 saturated carbocycles. The second-order valence-corrected chi connectivity index (χ2v) is 9.03. The second kappa shape index (κ2) is 7.90. The van der Waals surface area contributed by atoms with Crippen molar-refractivity contribution in [1.29, 1.82) is 0 Å². The number of hydrogen-bond acceptors (Lipinski definition) is 3. The van der Waals surface area contributed by atoms with Crippen LogP contribution in [0.25, 0.3) is 0 Å². The van der Waals surface area contributed by atoms with Crippen molar-refractivity contribution >= 4 is 37.5 Å². The van der Waals surface area contributed by atoms with Gasteiger partial charge in [0.1, 0.15) is 0 Å². The van der Waals surface area contributed by atoms with E-state index in [1.807, 2.05) is 37.3 Å². The van der Waals surface area contributed by atoms with Gasteiger partial charge in [-0.05, 0) is 48.2 Å². The minimum absolute atomic E-state index is 0.0522. The molecule has 2 aromatic carbocycles. The fraction of sp³-hybridized carbons (Fsp3) is 0.316. The van der Waals surface area contributed by atoms with Crippen molar-refractivity contribution in [3.05, 3.63) is 63.6 Å². The molecule has 1 heterocycles. The van der Waals surface area contributed by atoms with Crippen molar-refractivity contribution in [2.45, 2.75) is 32.1 Å². The highest BCUT2D eigenvalue weighted by atomic mass is 79.9. The summed E-state index contributed by atoms with van der Waals surface area (Å²) in [6, 6.07) is 13.0. The predicted molar refractivity (Wildman–Crippen MR) is 106 cm³/mol. The second-order valence-electron chi connectivity index (χ2n) is 6.31. The smallest absolute Gasteiger partial charge is 0.227 e. The molecule has 0 aliphatic carbocycles. The standard InChI is InChI=1S/C19H21BrN2O3S/c1-2-22-18-9-5-15(11-16(18)6-10-19(22)23)12-21-26(24,25)13-14-3-7-17(20)8-4-14/h3-5,7-9,11,21H,2,6,10,12-13H2,1H3. The Kier molecular flexibility index (Phi) is 5.79. The summed E-state index contributed by atoms with van der Waals surface area (Å²) < 4.78 is 28.2. The molecule has 0 fully saturated rings. The molecule has 0 spiro atoms. The number of carbonyl (C=O) groups is 1. The molecule has 1 aliphatic rings. The molecule has 1 amide bonds. The average molecular weight is 437 g/mol. The van der Waals surface area contributed by atoms with Gasteiger partial charge in [0.2, 0.25) is 15.9 Å². The fourth-order valence-corrected chi connectivity index (χ4v) is 4.50. The van der Waals surface area contributed by atoms with Gasteiger partial charge in [-0.15, -0.1) is 0 Å². The van der Waals surface area contributed by atoms with Gasteiger partial charge in [-0.1, -0.05) is 40.2 Å². The van der Waals surface area contributed by atoms with E-state index in [0.29, 0.717) is 19.4 Å². The molecule has 3 rings (SSSR count). The van der Waals surface area contributed by atoms with Gasteiger partial charge in [-0.2, -0.15) is 0 Å². The highest BCUT2D eigenvalue weighted by Gasteiger charge is 2.23. The van der Waals surface area contributed by atoms with Crippen molar-refractivity contribution in [3.63, 3.8) is 0 Å². The molecule has 138 valence electrons. The minimum atomic E-state index is -3.42. The summed E-state index contributed by atoms with van der Waals surface area (Å²) in [5.74, 6) is 0.0894. The molecular weight excluding hydrogens is 416 g/mol. The van der Waals surface area contributed by atoms with E-state index in [9.17, 15) is 13.2 Å². The lowest BCUT2D eigenvalue weighted by molar-refractivity contribution is -0.118. The molecule has 0 saturated heterocycles. The number of benzene rings is 2. The highest BCUT2D eigenvalue weighted by molar-refractivity contribution is 9.10. The summed E-state index contributed by atoms with van der Waals surface area (Å²) in [7, 11) is -3.42. The third-order valence-corrected chi connectivity index (χ3v) is 6.25. The summed E-state index contributed by atoms with van der Waals surface area (Å²) in [6.07, 6.45) is 1.20. The summed E-state index contributed by atoms with van der Waals surface area (Å²) in [5.41, 5.74) is 3.66. The van der Waals surface area contributed by atoms with Crippen LogP contribution in [0.2, 0.25) is 0 Å². The quantitative estimate of drug-likeness (QED) is 0.754. The first-order valence-corrected chi connectivity index (χ1v) is 11.0. The maximum Gasteiger partial charge on any atom is 0.227 e. The number of anilines is 1. The van der Waals surface area contributed by atoms with Crippen LogP contribution in [0, 0.1) is 0 Å². The van der Waals surface area contributed by atoms with E-state index in [2.05, 4.69) is 20.7 Å². The van der Waals surface area contributed by atoms with Crippen LogP contribution in [0.5, 0.6) is 0 Å². The molecule has 0 radical (unpaired) electrons. The highest BCUT2D eigenvalue weighted by Crippen LogP contribution is 2.28. The first-order valence-electron chi connectivity index (χ1n) is 8.52. The van der Waals surface area contributed by atoms with Gasteiger partial charge >= 0.3 is 0 Å².